The Balaban J connectivity index is 1.41. The van der Waals surface area contributed by atoms with Crippen molar-refractivity contribution in [3.05, 3.63) is 18.5 Å². The molecule has 3 rings (SSSR count). The predicted octanol–water partition coefficient (Wildman–Crippen LogP) is 0.823. The molecule has 0 aliphatic carbocycles. The topological polar surface area (TPSA) is 77.0 Å². The number of nitrogens with one attached hydrogen (secondary N) is 1. The van der Waals surface area contributed by atoms with Crippen molar-refractivity contribution >= 4 is 17.8 Å². The standard InChI is InChI=1S/C19H31N7O/c1-16-5-3-10-26(15-16)17(27)6-9-23-18(20-2)24-11-13-25(14-12-24)19-21-7-4-8-22-19/h4,7-8,16H,3,5-6,9-15H2,1-2H3,(H,20,23). The molecular formula is C19H31N7O. The molecule has 2 aliphatic heterocycles. The van der Waals surface area contributed by atoms with E-state index in [-0.39, 0.29) is 5.91 Å². The summed E-state index contributed by atoms with van der Waals surface area (Å²) in [7, 11) is 1.79. The fraction of sp³-hybridized carbons (Fsp3) is 0.684. The van der Waals surface area contributed by atoms with Gasteiger partial charge in [-0.15, -0.1) is 0 Å². The van der Waals surface area contributed by atoms with Crippen LogP contribution in [0.2, 0.25) is 0 Å². The maximum atomic E-state index is 12.4. The summed E-state index contributed by atoms with van der Waals surface area (Å²) >= 11 is 0. The van der Waals surface area contributed by atoms with Gasteiger partial charge in [-0.25, -0.2) is 9.97 Å². The number of piperidine rings is 1. The molecular weight excluding hydrogens is 342 g/mol. The average molecular weight is 374 g/mol. The average Bonchev–Trinajstić information content (AvgIpc) is 2.72. The van der Waals surface area contributed by atoms with Gasteiger partial charge < -0.3 is 20.0 Å². The number of carbonyl (C=O) groups excluding carboxylic acids is 1. The minimum Gasteiger partial charge on any atom is -0.356 e. The van der Waals surface area contributed by atoms with E-state index in [2.05, 4.69) is 37.0 Å². The highest BCUT2D eigenvalue weighted by atomic mass is 16.2. The van der Waals surface area contributed by atoms with Crippen molar-refractivity contribution in [2.45, 2.75) is 26.2 Å². The van der Waals surface area contributed by atoms with Gasteiger partial charge in [0.25, 0.3) is 0 Å². The summed E-state index contributed by atoms with van der Waals surface area (Å²) in [6, 6.07) is 1.83. The summed E-state index contributed by atoms with van der Waals surface area (Å²) in [5.74, 6) is 2.51. The molecule has 8 heteroatoms. The third kappa shape index (κ3) is 5.30. The van der Waals surface area contributed by atoms with Gasteiger partial charge >= 0.3 is 0 Å². The van der Waals surface area contributed by atoms with E-state index in [4.69, 9.17) is 0 Å². The molecule has 0 aromatic carbocycles. The Morgan fingerprint density at radius 3 is 2.59 bits per heavy atom. The van der Waals surface area contributed by atoms with E-state index in [1.54, 1.807) is 19.4 Å². The van der Waals surface area contributed by atoms with Crippen LogP contribution in [0.3, 0.4) is 0 Å². The lowest BCUT2D eigenvalue weighted by Gasteiger charge is -2.36. The molecule has 148 valence electrons. The molecule has 27 heavy (non-hydrogen) atoms. The minimum absolute atomic E-state index is 0.246. The van der Waals surface area contributed by atoms with Crippen molar-refractivity contribution in [1.29, 1.82) is 0 Å². The van der Waals surface area contributed by atoms with E-state index in [1.165, 1.54) is 6.42 Å². The monoisotopic (exact) mass is 373 g/mol. The van der Waals surface area contributed by atoms with Crippen LogP contribution in [0.25, 0.3) is 0 Å². The molecule has 2 aliphatic rings. The molecule has 0 spiro atoms. The van der Waals surface area contributed by atoms with Crippen LogP contribution in [-0.2, 0) is 4.79 Å². The number of hydrogen-bond acceptors (Lipinski definition) is 5. The van der Waals surface area contributed by atoms with Crippen LogP contribution in [-0.4, -0.2) is 84.5 Å². The fourth-order valence-electron chi connectivity index (χ4n) is 3.76. The number of nitrogens with zero attached hydrogens (tertiary/aromatic N) is 6. The van der Waals surface area contributed by atoms with Gasteiger partial charge in [-0.05, 0) is 24.8 Å². The number of rotatable bonds is 4. The third-order valence-corrected chi connectivity index (χ3v) is 5.26. The summed E-state index contributed by atoms with van der Waals surface area (Å²) < 4.78 is 0. The first kappa shape index (κ1) is 19.4. The lowest BCUT2D eigenvalue weighted by Crippen LogP contribution is -2.53. The van der Waals surface area contributed by atoms with Crippen LogP contribution in [0, 0.1) is 5.92 Å². The molecule has 8 nitrogen and oxygen atoms in total. The minimum atomic E-state index is 0.246. The molecule has 0 bridgehead atoms. The summed E-state index contributed by atoms with van der Waals surface area (Å²) in [5, 5.41) is 3.35. The van der Waals surface area contributed by atoms with E-state index in [1.807, 2.05) is 11.0 Å². The second-order valence-electron chi connectivity index (χ2n) is 7.33. The SMILES string of the molecule is CN=C(NCCC(=O)N1CCCC(C)C1)N1CCN(c2ncccn2)CC1. The maximum absolute atomic E-state index is 12.4. The van der Waals surface area contributed by atoms with E-state index < -0.39 is 0 Å². The molecule has 1 atom stereocenters. The van der Waals surface area contributed by atoms with Gasteiger partial charge in [-0.1, -0.05) is 6.92 Å². The third-order valence-electron chi connectivity index (χ3n) is 5.26. The Labute approximate surface area is 161 Å². The van der Waals surface area contributed by atoms with Crippen LogP contribution in [0.15, 0.2) is 23.5 Å². The Bertz CT molecular complexity index is 628. The molecule has 3 heterocycles. The van der Waals surface area contributed by atoms with Crippen molar-refractivity contribution in [2.24, 2.45) is 10.9 Å². The second-order valence-corrected chi connectivity index (χ2v) is 7.33. The number of hydrogen-bond donors (Lipinski definition) is 1. The molecule has 1 unspecified atom stereocenters. The van der Waals surface area contributed by atoms with E-state index >= 15 is 0 Å². The highest BCUT2D eigenvalue weighted by Crippen LogP contribution is 2.16. The summed E-state index contributed by atoms with van der Waals surface area (Å²) in [6.45, 7) is 8.08. The van der Waals surface area contributed by atoms with Gasteiger partial charge in [0.2, 0.25) is 11.9 Å². The number of amides is 1. The van der Waals surface area contributed by atoms with Crippen molar-refractivity contribution in [3.63, 3.8) is 0 Å². The molecule has 1 aromatic rings. The Morgan fingerprint density at radius 2 is 1.93 bits per heavy atom. The number of likely N-dealkylation sites (tertiary alicyclic amines) is 1. The number of guanidine groups is 1. The number of piperazine rings is 1. The predicted molar refractivity (Wildman–Crippen MR) is 107 cm³/mol. The van der Waals surface area contributed by atoms with Gasteiger partial charge in [0.1, 0.15) is 0 Å². The molecule has 0 saturated carbocycles. The smallest absolute Gasteiger partial charge is 0.225 e. The van der Waals surface area contributed by atoms with Gasteiger partial charge in [-0.2, -0.15) is 0 Å². The number of aromatic nitrogens is 2. The highest BCUT2D eigenvalue weighted by molar-refractivity contribution is 5.81. The highest BCUT2D eigenvalue weighted by Gasteiger charge is 2.22. The van der Waals surface area contributed by atoms with Crippen LogP contribution in [0.5, 0.6) is 0 Å². The first-order valence-electron chi connectivity index (χ1n) is 9.92. The molecule has 2 saturated heterocycles. The first-order chi connectivity index (χ1) is 13.2. The second kappa shape index (κ2) is 9.53. The van der Waals surface area contributed by atoms with Crippen LogP contribution in [0.4, 0.5) is 5.95 Å². The Kier molecular flexibility index (Phi) is 6.84. The van der Waals surface area contributed by atoms with Crippen molar-refractivity contribution in [1.82, 2.24) is 25.1 Å². The van der Waals surface area contributed by atoms with Crippen LogP contribution in [0.1, 0.15) is 26.2 Å². The zero-order valence-corrected chi connectivity index (χ0v) is 16.5. The maximum Gasteiger partial charge on any atom is 0.225 e. The van der Waals surface area contributed by atoms with Crippen LogP contribution >= 0.6 is 0 Å². The fourth-order valence-corrected chi connectivity index (χ4v) is 3.76. The van der Waals surface area contributed by atoms with Crippen molar-refractivity contribution in [3.8, 4) is 0 Å². The normalized spacial score (nSPS) is 21.3. The lowest BCUT2D eigenvalue weighted by molar-refractivity contribution is -0.132. The van der Waals surface area contributed by atoms with Gasteiger partial charge in [0.05, 0.1) is 0 Å². The van der Waals surface area contributed by atoms with Crippen LogP contribution < -0.4 is 10.2 Å². The Morgan fingerprint density at radius 1 is 1.19 bits per heavy atom. The Hall–Kier alpha value is -2.38. The zero-order valence-electron chi connectivity index (χ0n) is 16.5. The number of aliphatic imine (C=N–C) groups is 1. The van der Waals surface area contributed by atoms with Gasteiger partial charge in [-0.3, -0.25) is 9.79 Å². The molecule has 1 N–H and O–H groups in total. The molecule has 1 aromatic heterocycles. The first-order valence-corrected chi connectivity index (χ1v) is 9.92. The summed E-state index contributed by atoms with van der Waals surface area (Å²) in [4.78, 5) is 31.9. The van der Waals surface area contributed by atoms with Crippen molar-refractivity contribution < 1.29 is 4.79 Å². The van der Waals surface area contributed by atoms with E-state index in [0.29, 0.717) is 18.9 Å². The lowest BCUT2D eigenvalue weighted by atomic mass is 10.00. The molecule has 2 fully saturated rings. The summed E-state index contributed by atoms with van der Waals surface area (Å²) in [6.07, 6.45) is 6.42. The van der Waals surface area contributed by atoms with E-state index in [9.17, 15) is 4.79 Å². The van der Waals surface area contributed by atoms with E-state index in [0.717, 1.165) is 57.6 Å². The largest absolute Gasteiger partial charge is 0.356 e. The zero-order chi connectivity index (χ0) is 19.1. The van der Waals surface area contributed by atoms with Gasteiger partial charge in [0.15, 0.2) is 5.96 Å². The molecule has 1 amide bonds. The van der Waals surface area contributed by atoms with Crippen molar-refractivity contribution in [2.75, 3.05) is 57.8 Å². The number of anilines is 1. The number of carbonyl (C=O) groups is 1. The summed E-state index contributed by atoms with van der Waals surface area (Å²) in [5.41, 5.74) is 0. The van der Waals surface area contributed by atoms with Gasteiger partial charge in [0, 0.05) is 71.7 Å². The molecule has 0 radical (unpaired) electrons. The quantitative estimate of drug-likeness (QED) is 0.622.